The van der Waals surface area contributed by atoms with Gasteiger partial charge >= 0.3 is 0 Å². The van der Waals surface area contributed by atoms with Crippen LogP contribution in [-0.4, -0.2) is 49.7 Å². The van der Waals surface area contributed by atoms with Crippen LogP contribution in [0.15, 0.2) is 41.3 Å². The van der Waals surface area contributed by atoms with E-state index in [1.807, 2.05) is 6.07 Å². The van der Waals surface area contributed by atoms with Crippen molar-refractivity contribution in [3.63, 3.8) is 0 Å². The van der Waals surface area contributed by atoms with Gasteiger partial charge in [0.2, 0.25) is 15.9 Å². The number of amides is 1. The number of carbonyl (C=O) groups is 1. The quantitative estimate of drug-likeness (QED) is 0.770. The highest BCUT2D eigenvalue weighted by atomic mass is 32.2. The SMILES string of the molecule is N#Cc1ccc(S(=O)(=O)N2CCN(C(=O)C3CC=CCC3)CC2)cc1. The number of allylic oxidation sites excluding steroid dienone is 2. The van der Waals surface area contributed by atoms with Crippen molar-refractivity contribution in [3.8, 4) is 6.07 Å². The Hall–Kier alpha value is -2.17. The summed E-state index contributed by atoms with van der Waals surface area (Å²) in [7, 11) is -3.59. The van der Waals surface area contributed by atoms with E-state index in [4.69, 9.17) is 5.26 Å². The first-order valence-corrected chi connectivity index (χ1v) is 9.90. The maximum absolute atomic E-state index is 12.7. The Morgan fingerprint density at radius 2 is 1.76 bits per heavy atom. The van der Waals surface area contributed by atoms with E-state index < -0.39 is 10.0 Å². The van der Waals surface area contributed by atoms with Crippen LogP contribution in [0, 0.1) is 17.2 Å². The molecule has 6 nitrogen and oxygen atoms in total. The van der Waals surface area contributed by atoms with Crippen molar-refractivity contribution in [3.05, 3.63) is 42.0 Å². The minimum atomic E-state index is -3.59. The molecule has 1 aromatic carbocycles. The standard InChI is InChI=1S/C18H21N3O3S/c19-14-15-6-8-17(9-7-15)25(23,24)21-12-10-20(11-13-21)18(22)16-4-2-1-3-5-16/h1-2,6-9,16H,3-5,10-13H2. The van der Waals surface area contributed by atoms with Gasteiger partial charge in [-0.1, -0.05) is 12.2 Å². The van der Waals surface area contributed by atoms with Crippen LogP contribution in [0.5, 0.6) is 0 Å². The van der Waals surface area contributed by atoms with E-state index in [1.54, 1.807) is 4.90 Å². The van der Waals surface area contributed by atoms with Crippen LogP contribution in [-0.2, 0) is 14.8 Å². The Morgan fingerprint density at radius 1 is 1.08 bits per heavy atom. The Labute approximate surface area is 148 Å². The second kappa shape index (κ2) is 7.38. The lowest BCUT2D eigenvalue weighted by molar-refractivity contribution is -0.137. The van der Waals surface area contributed by atoms with Gasteiger partial charge in [-0.25, -0.2) is 8.42 Å². The van der Waals surface area contributed by atoms with Crippen LogP contribution in [0.2, 0.25) is 0 Å². The van der Waals surface area contributed by atoms with E-state index in [-0.39, 0.29) is 16.7 Å². The van der Waals surface area contributed by atoms with Gasteiger partial charge < -0.3 is 4.90 Å². The van der Waals surface area contributed by atoms with E-state index in [1.165, 1.54) is 28.6 Å². The molecular formula is C18H21N3O3S. The Bertz CT molecular complexity index is 801. The number of sulfonamides is 1. The molecule has 2 aliphatic rings. The van der Waals surface area contributed by atoms with Gasteiger partial charge in [0.1, 0.15) is 0 Å². The van der Waals surface area contributed by atoms with Crippen molar-refractivity contribution in [2.24, 2.45) is 5.92 Å². The molecule has 1 aliphatic carbocycles. The lowest BCUT2D eigenvalue weighted by Crippen LogP contribution is -2.51. The van der Waals surface area contributed by atoms with E-state index in [0.29, 0.717) is 31.7 Å². The number of benzene rings is 1. The summed E-state index contributed by atoms with van der Waals surface area (Å²) < 4.78 is 26.8. The molecule has 0 spiro atoms. The first-order valence-electron chi connectivity index (χ1n) is 8.46. The first kappa shape index (κ1) is 17.6. The van der Waals surface area contributed by atoms with Gasteiger partial charge in [0.05, 0.1) is 16.5 Å². The molecule has 1 atom stereocenters. The fraction of sp³-hybridized carbons (Fsp3) is 0.444. The molecule has 1 fully saturated rings. The normalized spacial score (nSPS) is 21.7. The van der Waals surface area contributed by atoms with Crippen molar-refractivity contribution in [1.82, 2.24) is 9.21 Å². The molecule has 1 aliphatic heterocycles. The summed E-state index contributed by atoms with van der Waals surface area (Å²) in [6, 6.07) is 7.90. The highest BCUT2D eigenvalue weighted by Crippen LogP contribution is 2.23. The molecule has 1 saturated heterocycles. The Morgan fingerprint density at radius 3 is 2.32 bits per heavy atom. The summed E-state index contributed by atoms with van der Waals surface area (Å²) in [6.45, 7) is 1.45. The fourth-order valence-corrected chi connectivity index (χ4v) is 4.70. The highest BCUT2D eigenvalue weighted by molar-refractivity contribution is 7.89. The summed E-state index contributed by atoms with van der Waals surface area (Å²) in [4.78, 5) is 14.5. The smallest absolute Gasteiger partial charge is 0.243 e. The van der Waals surface area contributed by atoms with Gasteiger partial charge in [0.15, 0.2) is 0 Å². The monoisotopic (exact) mass is 359 g/mol. The van der Waals surface area contributed by atoms with E-state index >= 15 is 0 Å². The van der Waals surface area contributed by atoms with Crippen LogP contribution in [0.4, 0.5) is 0 Å². The molecule has 132 valence electrons. The van der Waals surface area contributed by atoms with Crippen molar-refractivity contribution in [2.75, 3.05) is 26.2 Å². The maximum atomic E-state index is 12.7. The molecule has 0 saturated carbocycles. The largest absolute Gasteiger partial charge is 0.340 e. The maximum Gasteiger partial charge on any atom is 0.243 e. The third-order valence-electron chi connectivity index (χ3n) is 4.79. The van der Waals surface area contributed by atoms with Gasteiger partial charge in [-0.2, -0.15) is 9.57 Å². The molecule has 0 aromatic heterocycles. The molecule has 1 unspecified atom stereocenters. The van der Waals surface area contributed by atoms with Crippen LogP contribution < -0.4 is 0 Å². The van der Waals surface area contributed by atoms with Gasteiger partial charge in [0, 0.05) is 32.1 Å². The fourth-order valence-electron chi connectivity index (χ4n) is 3.28. The van der Waals surface area contributed by atoms with Gasteiger partial charge in [-0.3, -0.25) is 4.79 Å². The van der Waals surface area contributed by atoms with Crippen molar-refractivity contribution in [2.45, 2.75) is 24.2 Å². The number of nitrogens with zero attached hydrogens (tertiary/aromatic N) is 3. The van der Waals surface area contributed by atoms with Gasteiger partial charge in [-0.15, -0.1) is 0 Å². The molecular weight excluding hydrogens is 338 g/mol. The third-order valence-corrected chi connectivity index (χ3v) is 6.70. The summed E-state index contributed by atoms with van der Waals surface area (Å²) in [5, 5.41) is 8.82. The average molecular weight is 359 g/mol. The number of carbonyl (C=O) groups excluding carboxylic acids is 1. The number of nitriles is 1. The topological polar surface area (TPSA) is 81.5 Å². The second-order valence-electron chi connectivity index (χ2n) is 6.35. The molecule has 0 radical (unpaired) electrons. The number of piperazine rings is 1. The average Bonchev–Trinajstić information content (AvgIpc) is 2.68. The molecule has 25 heavy (non-hydrogen) atoms. The Kier molecular flexibility index (Phi) is 5.21. The zero-order valence-electron chi connectivity index (χ0n) is 14.0. The zero-order valence-corrected chi connectivity index (χ0v) is 14.8. The predicted octanol–water partition coefficient (Wildman–Crippen LogP) is 1.75. The number of hydrogen-bond acceptors (Lipinski definition) is 4. The Balaban J connectivity index is 1.63. The second-order valence-corrected chi connectivity index (χ2v) is 8.28. The van der Waals surface area contributed by atoms with Gasteiger partial charge in [-0.05, 0) is 43.5 Å². The van der Waals surface area contributed by atoms with Crippen molar-refractivity contribution < 1.29 is 13.2 Å². The minimum Gasteiger partial charge on any atom is -0.340 e. The molecule has 3 rings (SSSR count). The first-order chi connectivity index (χ1) is 12.0. The van der Waals surface area contributed by atoms with E-state index in [0.717, 1.165) is 19.3 Å². The highest BCUT2D eigenvalue weighted by Gasteiger charge is 2.32. The zero-order chi connectivity index (χ0) is 17.9. The van der Waals surface area contributed by atoms with E-state index in [9.17, 15) is 13.2 Å². The molecule has 1 aromatic rings. The van der Waals surface area contributed by atoms with Crippen LogP contribution >= 0.6 is 0 Å². The van der Waals surface area contributed by atoms with E-state index in [2.05, 4.69) is 12.2 Å². The molecule has 1 amide bonds. The number of hydrogen-bond donors (Lipinski definition) is 0. The summed E-state index contributed by atoms with van der Waals surface area (Å²) in [6.07, 6.45) is 6.74. The predicted molar refractivity (Wildman–Crippen MR) is 93.0 cm³/mol. The summed E-state index contributed by atoms with van der Waals surface area (Å²) in [5.74, 6) is 0.173. The van der Waals surface area contributed by atoms with Crippen LogP contribution in [0.25, 0.3) is 0 Å². The van der Waals surface area contributed by atoms with Crippen molar-refractivity contribution >= 4 is 15.9 Å². The third kappa shape index (κ3) is 3.75. The molecule has 7 heteroatoms. The van der Waals surface area contributed by atoms with Crippen LogP contribution in [0.3, 0.4) is 0 Å². The van der Waals surface area contributed by atoms with Crippen molar-refractivity contribution in [1.29, 1.82) is 5.26 Å². The van der Waals surface area contributed by atoms with Crippen LogP contribution in [0.1, 0.15) is 24.8 Å². The minimum absolute atomic E-state index is 0.0340. The van der Waals surface area contributed by atoms with Gasteiger partial charge in [0.25, 0.3) is 0 Å². The summed E-state index contributed by atoms with van der Waals surface area (Å²) >= 11 is 0. The lowest BCUT2D eigenvalue weighted by atomic mass is 9.93. The molecule has 0 bridgehead atoms. The number of rotatable bonds is 3. The summed E-state index contributed by atoms with van der Waals surface area (Å²) in [5.41, 5.74) is 0.427. The lowest BCUT2D eigenvalue weighted by Gasteiger charge is -2.36. The molecule has 1 heterocycles. The molecule has 0 N–H and O–H groups in total.